The van der Waals surface area contributed by atoms with Crippen molar-refractivity contribution in [1.82, 2.24) is 5.32 Å². The Labute approximate surface area is 115 Å². The average Bonchev–Trinajstić information content (AvgIpc) is 2.40. The monoisotopic (exact) mass is 267 g/mol. The summed E-state index contributed by atoms with van der Waals surface area (Å²) in [6, 6.07) is -0.334. The molecule has 0 unspecified atom stereocenters. The highest BCUT2D eigenvalue weighted by atomic mass is 16.5. The number of amides is 1. The van der Waals surface area contributed by atoms with E-state index in [0.717, 1.165) is 12.8 Å². The lowest BCUT2D eigenvalue weighted by atomic mass is 9.87. The summed E-state index contributed by atoms with van der Waals surface area (Å²) in [7, 11) is 0. The minimum absolute atomic E-state index is 0.00218. The van der Waals surface area contributed by atoms with Crippen LogP contribution in [0, 0.1) is 5.92 Å². The fourth-order valence-corrected chi connectivity index (χ4v) is 2.36. The van der Waals surface area contributed by atoms with Gasteiger partial charge in [0.05, 0.1) is 11.6 Å². The van der Waals surface area contributed by atoms with Crippen molar-refractivity contribution in [3.8, 4) is 0 Å². The van der Waals surface area contributed by atoms with Crippen LogP contribution in [0.25, 0.3) is 0 Å². The molecule has 19 heavy (non-hydrogen) atoms. The molecule has 1 aliphatic heterocycles. The lowest BCUT2D eigenvalue weighted by Gasteiger charge is -2.34. The Bertz CT molecular complexity index is 311. The molecular formula is C15H25NO3. The standard InChI is InChI=1S/C15H25NO3/c1-4-8-15(18,9-5-2)12(3)16-14(17)13-6-10-19-11-7-13/h4-5,12-13,18H,1-2,6-11H2,3H3,(H,16,17)/t12-/m1/s1. The van der Waals surface area contributed by atoms with Crippen LogP contribution in [-0.4, -0.2) is 35.9 Å². The summed E-state index contributed by atoms with van der Waals surface area (Å²) in [6.45, 7) is 10.4. The van der Waals surface area contributed by atoms with Gasteiger partial charge in [0.15, 0.2) is 0 Å². The molecular weight excluding hydrogens is 242 g/mol. The third-order valence-electron chi connectivity index (χ3n) is 3.75. The Kier molecular flexibility index (Phi) is 6.25. The van der Waals surface area contributed by atoms with Crippen molar-refractivity contribution in [3.05, 3.63) is 25.3 Å². The van der Waals surface area contributed by atoms with Gasteiger partial charge in [0, 0.05) is 19.1 Å². The van der Waals surface area contributed by atoms with Crippen LogP contribution in [0.3, 0.4) is 0 Å². The molecule has 0 spiro atoms. The molecule has 1 amide bonds. The van der Waals surface area contributed by atoms with Crippen LogP contribution < -0.4 is 5.32 Å². The molecule has 1 atom stereocenters. The van der Waals surface area contributed by atoms with Gasteiger partial charge in [-0.1, -0.05) is 12.2 Å². The quantitative estimate of drug-likeness (QED) is 0.692. The number of nitrogens with one attached hydrogen (secondary N) is 1. The second kappa shape index (κ2) is 7.46. The molecule has 2 N–H and O–H groups in total. The maximum Gasteiger partial charge on any atom is 0.223 e. The van der Waals surface area contributed by atoms with E-state index in [4.69, 9.17) is 4.74 Å². The highest BCUT2D eigenvalue weighted by Crippen LogP contribution is 2.22. The number of hydrogen-bond donors (Lipinski definition) is 2. The van der Waals surface area contributed by atoms with Gasteiger partial charge in [0.25, 0.3) is 0 Å². The summed E-state index contributed by atoms with van der Waals surface area (Å²) < 4.78 is 5.24. The van der Waals surface area contributed by atoms with Crippen LogP contribution in [0.2, 0.25) is 0 Å². The largest absolute Gasteiger partial charge is 0.387 e. The van der Waals surface area contributed by atoms with Crippen LogP contribution >= 0.6 is 0 Å². The van der Waals surface area contributed by atoms with E-state index in [1.165, 1.54) is 0 Å². The lowest BCUT2D eigenvalue weighted by molar-refractivity contribution is -0.130. The van der Waals surface area contributed by atoms with Gasteiger partial charge in [-0.25, -0.2) is 0 Å². The molecule has 1 rings (SSSR count). The zero-order valence-corrected chi connectivity index (χ0v) is 11.7. The van der Waals surface area contributed by atoms with Crippen LogP contribution in [0.1, 0.15) is 32.6 Å². The third kappa shape index (κ3) is 4.48. The second-order valence-corrected chi connectivity index (χ2v) is 5.21. The maximum absolute atomic E-state index is 12.1. The molecule has 1 aliphatic rings. The van der Waals surface area contributed by atoms with Crippen LogP contribution in [0.5, 0.6) is 0 Å². The number of carbonyl (C=O) groups excluding carboxylic acids is 1. The van der Waals surface area contributed by atoms with E-state index in [9.17, 15) is 9.90 Å². The normalized spacial score (nSPS) is 18.6. The van der Waals surface area contributed by atoms with E-state index in [2.05, 4.69) is 18.5 Å². The molecule has 1 saturated heterocycles. The third-order valence-corrected chi connectivity index (χ3v) is 3.75. The molecule has 1 fully saturated rings. The van der Waals surface area contributed by atoms with Gasteiger partial charge in [0.2, 0.25) is 5.91 Å². The van der Waals surface area contributed by atoms with Crippen LogP contribution in [-0.2, 0) is 9.53 Å². The molecule has 0 saturated carbocycles. The molecule has 0 aromatic heterocycles. The zero-order valence-electron chi connectivity index (χ0n) is 11.7. The molecule has 0 aromatic rings. The number of aliphatic hydroxyl groups is 1. The summed E-state index contributed by atoms with van der Waals surface area (Å²) in [5.41, 5.74) is -1.01. The molecule has 0 aromatic carbocycles. The second-order valence-electron chi connectivity index (χ2n) is 5.21. The van der Waals surface area contributed by atoms with Crippen molar-refractivity contribution >= 4 is 5.91 Å². The minimum atomic E-state index is -1.01. The van der Waals surface area contributed by atoms with Gasteiger partial charge >= 0.3 is 0 Å². The summed E-state index contributed by atoms with van der Waals surface area (Å²) in [5.74, 6) is -0.00439. The molecule has 4 heteroatoms. The fraction of sp³-hybridized carbons (Fsp3) is 0.667. The number of ether oxygens (including phenoxy) is 1. The van der Waals surface area contributed by atoms with Gasteiger partial charge in [-0.15, -0.1) is 13.2 Å². The summed E-state index contributed by atoms with van der Waals surface area (Å²) >= 11 is 0. The molecule has 0 bridgehead atoms. The number of rotatable bonds is 7. The molecule has 4 nitrogen and oxygen atoms in total. The Morgan fingerprint density at radius 3 is 2.42 bits per heavy atom. The predicted molar refractivity (Wildman–Crippen MR) is 75.7 cm³/mol. The summed E-state index contributed by atoms with van der Waals surface area (Å²) in [4.78, 5) is 12.1. The van der Waals surface area contributed by atoms with Gasteiger partial charge in [-0.05, 0) is 32.6 Å². The maximum atomic E-state index is 12.1. The first-order valence-electron chi connectivity index (χ1n) is 6.86. The highest BCUT2D eigenvalue weighted by molar-refractivity contribution is 5.79. The highest BCUT2D eigenvalue weighted by Gasteiger charge is 2.33. The smallest absolute Gasteiger partial charge is 0.223 e. The molecule has 108 valence electrons. The first kappa shape index (κ1) is 15.9. The fourth-order valence-electron chi connectivity index (χ4n) is 2.36. The van der Waals surface area contributed by atoms with Crippen molar-refractivity contribution in [3.63, 3.8) is 0 Å². The summed E-state index contributed by atoms with van der Waals surface area (Å²) in [5, 5.41) is 13.5. The SMILES string of the molecule is C=CCC(O)(CC=C)[C@@H](C)NC(=O)C1CCOCC1. The van der Waals surface area contributed by atoms with E-state index in [1.807, 2.05) is 6.92 Å². The lowest BCUT2D eigenvalue weighted by Crippen LogP contribution is -2.52. The Hall–Kier alpha value is -1.13. The van der Waals surface area contributed by atoms with Crippen molar-refractivity contribution in [2.24, 2.45) is 5.92 Å². The van der Waals surface area contributed by atoms with E-state index < -0.39 is 5.60 Å². The molecule has 0 aliphatic carbocycles. The first-order chi connectivity index (χ1) is 9.03. The van der Waals surface area contributed by atoms with Gasteiger partial charge < -0.3 is 15.2 Å². The molecule has 0 radical (unpaired) electrons. The van der Waals surface area contributed by atoms with Crippen LogP contribution in [0.15, 0.2) is 25.3 Å². The van der Waals surface area contributed by atoms with Crippen molar-refractivity contribution < 1.29 is 14.6 Å². The topological polar surface area (TPSA) is 58.6 Å². The van der Waals surface area contributed by atoms with Gasteiger partial charge in [-0.3, -0.25) is 4.79 Å². The first-order valence-corrected chi connectivity index (χ1v) is 6.86. The van der Waals surface area contributed by atoms with E-state index in [-0.39, 0.29) is 17.9 Å². The van der Waals surface area contributed by atoms with E-state index in [0.29, 0.717) is 26.1 Å². The van der Waals surface area contributed by atoms with Crippen LogP contribution in [0.4, 0.5) is 0 Å². The van der Waals surface area contributed by atoms with Crippen molar-refractivity contribution in [2.45, 2.75) is 44.2 Å². The van der Waals surface area contributed by atoms with E-state index in [1.54, 1.807) is 12.2 Å². The van der Waals surface area contributed by atoms with Gasteiger partial charge in [-0.2, -0.15) is 0 Å². The Balaban J connectivity index is 2.59. The summed E-state index contributed by atoms with van der Waals surface area (Å²) in [6.07, 6.45) is 5.68. The zero-order chi connectivity index (χ0) is 14.3. The predicted octanol–water partition coefficient (Wildman–Crippen LogP) is 1.80. The van der Waals surface area contributed by atoms with E-state index >= 15 is 0 Å². The van der Waals surface area contributed by atoms with Crippen molar-refractivity contribution in [1.29, 1.82) is 0 Å². The number of carbonyl (C=O) groups is 1. The Morgan fingerprint density at radius 1 is 1.42 bits per heavy atom. The number of hydrogen-bond acceptors (Lipinski definition) is 3. The molecule has 1 heterocycles. The van der Waals surface area contributed by atoms with Crippen molar-refractivity contribution in [2.75, 3.05) is 13.2 Å². The minimum Gasteiger partial charge on any atom is -0.387 e. The Morgan fingerprint density at radius 2 is 1.95 bits per heavy atom. The average molecular weight is 267 g/mol. The van der Waals surface area contributed by atoms with Gasteiger partial charge in [0.1, 0.15) is 0 Å².